The van der Waals surface area contributed by atoms with Crippen molar-refractivity contribution in [2.45, 2.75) is 264 Å². The number of rotatable bonds is 54. The number of phosphoric acid groups is 1. The second-order valence-corrected chi connectivity index (χ2v) is 22.9. The zero-order chi connectivity index (χ0) is 55.0. The Kier molecular flexibility index (Phi) is 52.1. The number of nitrogens with one attached hydrogen (secondary N) is 1. The van der Waals surface area contributed by atoms with E-state index < -0.39 is 26.6 Å². The minimum atomic E-state index is -4.71. The Morgan fingerprint density at radius 3 is 1.31 bits per heavy atom. The molecule has 10 heteroatoms. The molecule has 0 saturated heterocycles. The molecule has 75 heavy (non-hydrogen) atoms. The molecule has 1 N–H and O–H groups in total. The van der Waals surface area contributed by atoms with Crippen LogP contribution in [0.2, 0.25) is 0 Å². The lowest BCUT2D eigenvalue weighted by Crippen LogP contribution is -2.47. The van der Waals surface area contributed by atoms with Crippen LogP contribution in [-0.2, 0) is 27.9 Å². The maximum absolute atomic E-state index is 13.5. The minimum absolute atomic E-state index is 0.0335. The lowest BCUT2D eigenvalue weighted by atomic mass is 10.0. The van der Waals surface area contributed by atoms with Crippen molar-refractivity contribution in [1.29, 1.82) is 0 Å². The zero-order valence-electron chi connectivity index (χ0n) is 49.2. The van der Waals surface area contributed by atoms with Crippen LogP contribution < -0.4 is 10.2 Å². The van der Waals surface area contributed by atoms with Gasteiger partial charge in [-0.1, -0.05) is 227 Å². The zero-order valence-corrected chi connectivity index (χ0v) is 50.1. The fourth-order valence-corrected chi connectivity index (χ4v) is 9.01. The van der Waals surface area contributed by atoms with Crippen molar-refractivity contribution in [2.75, 3.05) is 40.9 Å². The highest BCUT2D eigenvalue weighted by molar-refractivity contribution is 7.45. The van der Waals surface area contributed by atoms with Crippen LogP contribution in [0.4, 0.5) is 0 Å². The number of nitrogens with zero attached hydrogens (tertiary/aromatic N) is 1. The molecular formula is C65H115N2O7P. The van der Waals surface area contributed by atoms with Crippen LogP contribution in [0.1, 0.15) is 252 Å². The summed E-state index contributed by atoms with van der Waals surface area (Å²) < 4.78 is 30.3. The summed E-state index contributed by atoms with van der Waals surface area (Å²) in [7, 11) is 1.15. The highest BCUT2D eigenvalue weighted by Crippen LogP contribution is 2.38. The highest BCUT2D eigenvalue weighted by atomic mass is 31.2. The number of allylic oxidation sites excluding steroid dienone is 15. The second-order valence-electron chi connectivity index (χ2n) is 21.5. The third kappa shape index (κ3) is 55.5. The van der Waals surface area contributed by atoms with Gasteiger partial charge in [0.15, 0.2) is 0 Å². The Balaban J connectivity index is 5.33. The van der Waals surface area contributed by atoms with Gasteiger partial charge in [-0.05, 0) is 109 Å². The van der Waals surface area contributed by atoms with Gasteiger partial charge in [0.1, 0.15) is 19.3 Å². The smallest absolute Gasteiger partial charge is 0.306 e. The van der Waals surface area contributed by atoms with Crippen LogP contribution in [0.25, 0.3) is 0 Å². The van der Waals surface area contributed by atoms with Crippen LogP contribution in [0, 0.1) is 0 Å². The molecule has 0 spiro atoms. The highest BCUT2D eigenvalue weighted by Gasteiger charge is 2.27. The first kappa shape index (κ1) is 71.9. The minimum Gasteiger partial charge on any atom is -0.756 e. The molecule has 432 valence electrons. The van der Waals surface area contributed by atoms with Crippen LogP contribution in [-0.4, -0.2) is 69.4 Å². The SMILES string of the molecule is CC/C=C\C/C=C\C/C=C\C/C=C\C/C=C\C/C=C\CCCCCCC(=O)OC(/C=C\CCCCCCCCCCCCC)C(COP(=O)([O-])OCC[N+](C)(C)C)NC(=O)CCCCC/C=C\CCCCCCCC. The molecule has 0 saturated carbocycles. The van der Waals surface area contributed by atoms with Gasteiger partial charge in [0.25, 0.3) is 7.82 Å². The van der Waals surface area contributed by atoms with E-state index in [4.69, 9.17) is 13.8 Å². The lowest BCUT2D eigenvalue weighted by molar-refractivity contribution is -0.870. The molecule has 0 rings (SSSR count). The van der Waals surface area contributed by atoms with E-state index in [1.807, 2.05) is 33.3 Å². The molecule has 9 nitrogen and oxygen atoms in total. The Morgan fingerprint density at radius 1 is 0.480 bits per heavy atom. The molecule has 3 unspecified atom stereocenters. The van der Waals surface area contributed by atoms with Gasteiger partial charge in [-0.2, -0.15) is 0 Å². The molecule has 0 fully saturated rings. The van der Waals surface area contributed by atoms with E-state index in [0.29, 0.717) is 23.9 Å². The monoisotopic (exact) mass is 1070 g/mol. The summed E-state index contributed by atoms with van der Waals surface area (Å²) in [5.74, 6) is -0.592. The normalized spacial score (nSPS) is 14.4. The topological polar surface area (TPSA) is 114 Å². The first-order chi connectivity index (χ1) is 36.4. The van der Waals surface area contributed by atoms with E-state index in [-0.39, 0.29) is 31.3 Å². The predicted octanol–water partition coefficient (Wildman–Crippen LogP) is 18.1. The molecule has 0 bridgehead atoms. The summed E-state index contributed by atoms with van der Waals surface area (Å²) in [5.41, 5.74) is 0. The van der Waals surface area contributed by atoms with E-state index in [9.17, 15) is 19.0 Å². The van der Waals surface area contributed by atoms with Crippen molar-refractivity contribution < 1.29 is 37.3 Å². The number of quaternary nitrogens is 1. The van der Waals surface area contributed by atoms with E-state index in [0.717, 1.165) is 109 Å². The molecule has 0 radical (unpaired) electrons. The molecule has 0 aromatic heterocycles. The van der Waals surface area contributed by atoms with Gasteiger partial charge in [0.2, 0.25) is 5.91 Å². The van der Waals surface area contributed by atoms with Crippen molar-refractivity contribution in [2.24, 2.45) is 0 Å². The average Bonchev–Trinajstić information content (AvgIpc) is 3.37. The number of hydrogen-bond donors (Lipinski definition) is 1. The number of unbranched alkanes of at least 4 members (excludes halogenated alkanes) is 24. The molecule has 0 aliphatic carbocycles. The average molecular weight is 1070 g/mol. The molecule has 0 aliphatic rings. The maximum Gasteiger partial charge on any atom is 0.306 e. The first-order valence-electron chi connectivity index (χ1n) is 30.5. The number of amides is 1. The van der Waals surface area contributed by atoms with Crippen LogP contribution in [0.15, 0.2) is 97.2 Å². The number of hydrogen-bond acceptors (Lipinski definition) is 7. The van der Waals surface area contributed by atoms with Crippen LogP contribution in [0.5, 0.6) is 0 Å². The summed E-state index contributed by atoms with van der Waals surface area (Å²) in [4.78, 5) is 39.9. The molecular weight excluding hydrogens is 952 g/mol. The second kappa shape index (κ2) is 54.3. The summed E-state index contributed by atoms with van der Waals surface area (Å²) in [6.45, 7) is 6.68. The predicted molar refractivity (Wildman–Crippen MR) is 321 cm³/mol. The van der Waals surface area contributed by atoms with Gasteiger partial charge < -0.3 is 28.5 Å². The fourth-order valence-electron chi connectivity index (χ4n) is 8.28. The van der Waals surface area contributed by atoms with Gasteiger partial charge >= 0.3 is 5.97 Å². The van der Waals surface area contributed by atoms with Gasteiger partial charge in [0.05, 0.1) is 33.8 Å². The largest absolute Gasteiger partial charge is 0.756 e. The van der Waals surface area contributed by atoms with Crippen molar-refractivity contribution in [3.63, 3.8) is 0 Å². The number of phosphoric ester groups is 1. The van der Waals surface area contributed by atoms with Crippen LogP contribution in [0.3, 0.4) is 0 Å². The van der Waals surface area contributed by atoms with E-state index >= 15 is 0 Å². The number of esters is 1. The number of carbonyl (C=O) groups excluding carboxylic acids is 2. The third-order valence-electron chi connectivity index (χ3n) is 13.0. The Morgan fingerprint density at radius 2 is 0.853 bits per heavy atom. The van der Waals surface area contributed by atoms with Gasteiger partial charge in [-0.3, -0.25) is 14.2 Å². The Labute approximate surface area is 462 Å². The van der Waals surface area contributed by atoms with Crippen molar-refractivity contribution in [3.8, 4) is 0 Å². The number of likely N-dealkylation sites (N-methyl/N-ethyl adjacent to an activating group) is 1. The molecule has 3 atom stereocenters. The first-order valence-corrected chi connectivity index (χ1v) is 32.0. The molecule has 0 aromatic rings. The van der Waals surface area contributed by atoms with Crippen molar-refractivity contribution >= 4 is 19.7 Å². The lowest BCUT2D eigenvalue weighted by Gasteiger charge is -2.30. The fraction of sp³-hybridized carbons (Fsp3) is 0.723. The van der Waals surface area contributed by atoms with E-state index in [2.05, 4.69) is 111 Å². The van der Waals surface area contributed by atoms with Crippen molar-refractivity contribution in [3.05, 3.63) is 97.2 Å². The standard InChI is InChI=1S/C65H115N2O7P/c1-7-10-13-16-19-22-25-28-29-30-31-32-33-34-35-36-37-40-43-46-49-52-55-58-65(69)74-63(56-53-50-47-44-41-38-26-23-20-17-14-11-8-2)62(61-73-75(70,71)72-60-59-67(4,5)6)66-64(68)57-54-51-48-45-42-39-27-24-21-18-15-12-9-3/h10,13,19,22,28-29,31-32,34-35,37,39-40,42,53,56,62-63H,7-9,11-12,14-18,20-21,23-27,30,33,36,38,41,43-52,54-55,57-61H2,1-6H3,(H-,66,68,70,71)/b13-10-,22-19-,29-28-,32-31-,35-34-,40-37-,42-39-,56-53-. The van der Waals surface area contributed by atoms with E-state index in [1.54, 1.807) is 0 Å². The summed E-state index contributed by atoms with van der Waals surface area (Å²) in [6.07, 6.45) is 72.3. The van der Waals surface area contributed by atoms with Gasteiger partial charge in [-0.25, -0.2) is 0 Å². The molecule has 0 aliphatic heterocycles. The molecule has 1 amide bonds. The number of ether oxygens (including phenoxy) is 1. The summed E-state index contributed by atoms with van der Waals surface area (Å²) >= 11 is 0. The van der Waals surface area contributed by atoms with Gasteiger partial charge in [0, 0.05) is 12.8 Å². The maximum atomic E-state index is 13.5. The van der Waals surface area contributed by atoms with Crippen LogP contribution >= 0.6 is 7.82 Å². The Bertz CT molecular complexity index is 1610. The van der Waals surface area contributed by atoms with Gasteiger partial charge in [-0.15, -0.1) is 0 Å². The Hall–Kier alpha value is -3.07. The van der Waals surface area contributed by atoms with E-state index in [1.165, 1.54) is 96.3 Å². The molecule has 0 heterocycles. The van der Waals surface area contributed by atoms with Crippen molar-refractivity contribution in [1.82, 2.24) is 5.32 Å². The molecule has 0 aromatic carbocycles. The quantitative estimate of drug-likeness (QED) is 0.0212. The number of carbonyl (C=O) groups is 2. The summed E-state index contributed by atoms with van der Waals surface area (Å²) in [5, 5.41) is 3.01. The summed E-state index contributed by atoms with van der Waals surface area (Å²) in [6, 6.07) is -0.911. The third-order valence-corrected chi connectivity index (χ3v) is 14.0.